The van der Waals surface area contributed by atoms with Gasteiger partial charge in [-0.1, -0.05) is 37.5 Å². The molecule has 1 aliphatic rings. The predicted octanol–water partition coefficient (Wildman–Crippen LogP) is 5.07. The molecule has 0 bridgehead atoms. The molecule has 2 aromatic carbocycles. The average molecular weight is 350 g/mol. The van der Waals surface area contributed by atoms with E-state index in [4.69, 9.17) is 0 Å². The van der Waals surface area contributed by atoms with E-state index in [0.717, 1.165) is 42.5 Å². The van der Waals surface area contributed by atoms with E-state index in [9.17, 15) is 9.59 Å². The van der Waals surface area contributed by atoms with Crippen molar-refractivity contribution in [2.75, 3.05) is 10.6 Å². The molecule has 1 saturated carbocycles. The summed E-state index contributed by atoms with van der Waals surface area (Å²) in [7, 11) is 0. The lowest BCUT2D eigenvalue weighted by molar-refractivity contribution is -0.120. The molecule has 136 valence electrons. The van der Waals surface area contributed by atoms with Gasteiger partial charge in [-0.25, -0.2) is 0 Å². The molecule has 4 nitrogen and oxygen atoms in total. The molecule has 0 spiro atoms. The van der Waals surface area contributed by atoms with Crippen molar-refractivity contribution in [2.24, 2.45) is 5.92 Å². The molecule has 0 atom stereocenters. The number of nitrogens with one attached hydrogen (secondary N) is 2. The number of anilines is 2. The summed E-state index contributed by atoms with van der Waals surface area (Å²) in [5.41, 5.74) is 4.21. The second-order valence-electron chi connectivity index (χ2n) is 7.11. The number of aryl methyl sites for hydroxylation is 1. The van der Waals surface area contributed by atoms with Gasteiger partial charge in [0.1, 0.15) is 0 Å². The first-order chi connectivity index (χ1) is 12.5. The van der Waals surface area contributed by atoms with E-state index in [2.05, 4.69) is 10.6 Å². The zero-order valence-electron chi connectivity index (χ0n) is 15.5. The Labute approximate surface area is 155 Å². The van der Waals surface area contributed by atoms with Gasteiger partial charge < -0.3 is 10.6 Å². The van der Waals surface area contributed by atoms with Crippen molar-refractivity contribution >= 4 is 23.2 Å². The third-order valence-corrected chi connectivity index (χ3v) is 5.22. The monoisotopic (exact) mass is 350 g/mol. The third kappa shape index (κ3) is 4.31. The Bertz CT molecular complexity index is 808. The molecule has 0 radical (unpaired) electrons. The van der Waals surface area contributed by atoms with Crippen LogP contribution in [0.3, 0.4) is 0 Å². The number of carbonyl (C=O) groups excluding carboxylic acids is 2. The topological polar surface area (TPSA) is 58.2 Å². The van der Waals surface area contributed by atoms with E-state index in [-0.39, 0.29) is 17.7 Å². The van der Waals surface area contributed by atoms with Crippen LogP contribution >= 0.6 is 0 Å². The lowest BCUT2D eigenvalue weighted by atomic mass is 9.88. The Morgan fingerprint density at radius 3 is 2.42 bits per heavy atom. The van der Waals surface area contributed by atoms with Crippen molar-refractivity contribution in [1.82, 2.24) is 0 Å². The minimum atomic E-state index is -0.174. The van der Waals surface area contributed by atoms with E-state index in [1.165, 1.54) is 6.42 Å². The van der Waals surface area contributed by atoms with E-state index in [1.54, 1.807) is 18.2 Å². The number of rotatable bonds is 4. The van der Waals surface area contributed by atoms with E-state index in [0.29, 0.717) is 11.3 Å². The maximum atomic E-state index is 12.6. The first-order valence-electron chi connectivity index (χ1n) is 9.33. The summed E-state index contributed by atoms with van der Waals surface area (Å²) >= 11 is 0. The van der Waals surface area contributed by atoms with Crippen LogP contribution in [-0.2, 0) is 4.79 Å². The molecule has 4 heteroatoms. The summed E-state index contributed by atoms with van der Waals surface area (Å²) in [6.07, 6.45) is 5.38. The second-order valence-corrected chi connectivity index (χ2v) is 7.11. The van der Waals surface area contributed by atoms with Gasteiger partial charge in [0.2, 0.25) is 5.91 Å². The van der Waals surface area contributed by atoms with Crippen LogP contribution in [0.5, 0.6) is 0 Å². The summed E-state index contributed by atoms with van der Waals surface area (Å²) in [6, 6.07) is 13.0. The van der Waals surface area contributed by atoms with Crippen LogP contribution in [0, 0.1) is 19.8 Å². The number of carbonyl (C=O) groups is 2. The normalized spacial score (nSPS) is 14.7. The molecule has 0 heterocycles. The number of amides is 2. The number of hydrogen-bond donors (Lipinski definition) is 2. The quantitative estimate of drug-likeness (QED) is 0.808. The van der Waals surface area contributed by atoms with Crippen LogP contribution in [0.2, 0.25) is 0 Å². The molecule has 0 aromatic heterocycles. The van der Waals surface area contributed by atoms with Gasteiger partial charge in [-0.2, -0.15) is 0 Å². The maximum absolute atomic E-state index is 12.6. The standard InChI is InChI=1S/C22H26N2O2/c1-15-8-6-13-20(16(15)2)24-22(26)18-11-7-12-19(14-18)23-21(25)17-9-4-3-5-10-17/h6-8,11-14,17H,3-5,9-10H2,1-2H3,(H,23,25)(H,24,26). The first-order valence-corrected chi connectivity index (χ1v) is 9.33. The Hall–Kier alpha value is -2.62. The maximum Gasteiger partial charge on any atom is 0.255 e. The summed E-state index contributed by atoms with van der Waals surface area (Å²) < 4.78 is 0. The molecule has 1 aliphatic carbocycles. The minimum Gasteiger partial charge on any atom is -0.326 e. The summed E-state index contributed by atoms with van der Waals surface area (Å²) in [5.74, 6) is -0.0135. The number of hydrogen-bond acceptors (Lipinski definition) is 2. The Balaban J connectivity index is 1.69. The van der Waals surface area contributed by atoms with Crippen LogP contribution < -0.4 is 10.6 Å². The molecule has 2 N–H and O–H groups in total. The fourth-order valence-corrected chi connectivity index (χ4v) is 3.43. The highest BCUT2D eigenvalue weighted by Gasteiger charge is 2.21. The van der Waals surface area contributed by atoms with Gasteiger partial charge in [-0.05, 0) is 62.1 Å². The predicted molar refractivity (Wildman–Crippen MR) is 106 cm³/mol. The highest BCUT2D eigenvalue weighted by Crippen LogP contribution is 2.25. The highest BCUT2D eigenvalue weighted by molar-refractivity contribution is 6.05. The van der Waals surface area contributed by atoms with Gasteiger partial charge in [0.15, 0.2) is 0 Å². The van der Waals surface area contributed by atoms with Gasteiger partial charge in [-0.15, -0.1) is 0 Å². The average Bonchev–Trinajstić information content (AvgIpc) is 2.66. The zero-order valence-corrected chi connectivity index (χ0v) is 15.5. The van der Waals surface area contributed by atoms with Crippen molar-refractivity contribution in [3.8, 4) is 0 Å². The minimum absolute atomic E-state index is 0.0665. The van der Waals surface area contributed by atoms with Crippen LogP contribution in [-0.4, -0.2) is 11.8 Å². The summed E-state index contributed by atoms with van der Waals surface area (Å²) in [6.45, 7) is 4.01. The van der Waals surface area contributed by atoms with Gasteiger partial charge in [0.05, 0.1) is 0 Å². The Morgan fingerprint density at radius 2 is 1.65 bits per heavy atom. The van der Waals surface area contributed by atoms with Crippen LogP contribution in [0.4, 0.5) is 11.4 Å². The molecule has 2 amide bonds. The SMILES string of the molecule is Cc1cccc(NC(=O)c2cccc(NC(=O)C3CCCCC3)c2)c1C. The third-order valence-electron chi connectivity index (χ3n) is 5.22. The molecule has 26 heavy (non-hydrogen) atoms. The van der Waals surface area contributed by atoms with Gasteiger partial charge >= 0.3 is 0 Å². The van der Waals surface area contributed by atoms with E-state index >= 15 is 0 Å². The van der Waals surface area contributed by atoms with Crippen LogP contribution in [0.1, 0.15) is 53.6 Å². The molecule has 0 saturated heterocycles. The lowest BCUT2D eigenvalue weighted by Gasteiger charge is -2.20. The fraction of sp³-hybridized carbons (Fsp3) is 0.364. The molecule has 3 rings (SSSR count). The van der Waals surface area contributed by atoms with Gasteiger partial charge in [0.25, 0.3) is 5.91 Å². The molecule has 0 aliphatic heterocycles. The van der Waals surface area contributed by atoms with E-state index < -0.39 is 0 Å². The summed E-state index contributed by atoms with van der Waals surface area (Å²) in [4.78, 5) is 25.0. The molecule has 0 unspecified atom stereocenters. The second kappa shape index (κ2) is 8.17. The van der Waals surface area contributed by atoms with E-state index in [1.807, 2.05) is 38.1 Å². The largest absolute Gasteiger partial charge is 0.326 e. The molecule has 1 fully saturated rings. The molecular weight excluding hydrogens is 324 g/mol. The molecule has 2 aromatic rings. The van der Waals surface area contributed by atoms with Crippen molar-refractivity contribution in [3.05, 3.63) is 59.2 Å². The smallest absolute Gasteiger partial charge is 0.255 e. The number of benzene rings is 2. The van der Waals surface area contributed by atoms with Crippen LogP contribution in [0.15, 0.2) is 42.5 Å². The van der Waals surface area contributed by atoms with Crippen molar-refractivity contribution < 1.29 is 9.59 Å². The first kappa shape index (κ1) is 18.2. The van der Waals surface area contributed by atoms with Crippen molar-refractivity contribution in [2.45, 2.75) is 46.0 Å². The van der Waals surface area contributed by atoms with Gasteiger partial charge in [-0.3, -0.25) is 9.59 Å². The molecular formula is C22H26N2O2. The highest BCUT2D eigenvalue weighted by atomic mass is 16.2. The lowest BCUT2D eigenvalue weighted by Crippen LogP contribution is -2.24. The summed E-state index contributed by atoms with van der Waals surface area (Å²) in [5, 5.41) is 5.93. The van der Waals surface area contributed by atoms with Crippen molar-refractivity contribution in [3.63, 3.8) is 0 Å². The van der Waals surface area contributed by atoms with Gasteiger partial charge in [0, 0.05) is 22.9 Å². The van der Waals surface area contributed by atoms with Crippen LogP contribution in [0.25, 0.3) is 0 Å². The van der Waals surface area contributed by atoms with Crippen molar-refractivity contribution in [1.29, 1.82) is 0 Å². The fourth-order valence-electron chi connectivity index (χ4n) is 3.43. The Kier molecular flexibility index (Phi) is 5.71. The Morgan fingerprint density at radius 1 is 0.923 bits per heavy atom. The zero-order chi connectivity index (χ0) is 18.5.